The lowest BCUT2D eigenvalue weighted by molar-refractivity contribution is -0.152. The molecule has 0 radical (unpaired) electrons. The first-order chi connectivity index (χ1) is 13.4. The molecule has 6 nitrogen and oxygen atoms in total. The number of esters is 1. The van der Waals surface area contributed by atoms with Crippen molar-refractivity contribution in [3.63, 3.8) is 0 Å². The Balaban J connectivity index is 1.46. The van der Waals surface area contributed by atoms with Crippen molar-refractivity contribution in [2.45, 2.75) is 23.1 Å². The lowest BCUT2D eigenvalue weighted by Crippen LogP contribution is -2.33. The van der Waals surface area contributed by atoms with Gasteiger partial charge in [0.05, 0.1) is 17.4 Å². The van der Waals surface area contributed by atoms with Crippen molar-refractivity contribution >= 4 is 46.8 Å². The number of likely N-dealkylation sites (N-methyl/N-ethyl adjacent to an activating group) is 1. The number of amides is 2. The predicted octanol–water partition coefficient (Wildman–Crippen LogP) is 3.34. The molecule has 8 heteroatoms. The summed E-state index contributed by atoms with van der Waals surface area (Å²) in [6.07, 6.45) is -0.0982. The number of thioether (sulfide) groups is 1. The van der Waals surface area contributed by atoms with Crippen LogP contribution in [-0.4, -0.2) is 41.6 Å². The molecular weight excluding hydrogens is 400 g/mol. The summed E-state index contributed by atoms with van der Waals surface area (Å²) >= 11 is 7.16. The van der Waals surface area contributed by atoms with Gasteiger partial charge in [0.15, 0.2) is 6.61 Å². The van der Waals surface area contributed by atoms with E-state index in [9.17, 15) is 14.4 Å². The van der Waals surface area contributed by atoms with Gasteiger partial charge in [0.25, 0.3) is 5.91 Å². The highest BCUT2D eigenvalue weighted by molar-refractivity contribution is 8.01. The number of carbonyl (C=O) groups is 3. The van der Waals surface area contributed by atoms with E-state index >= 15 is 0 Å². The van der Waals surface area contributed by atoms with Crippen LogP contribution in [0.4, 0.5) is 5.69 Å². The van der Waals surface area contributed by atoms with Gasteiger partial charge in [0.2, 0.25) is 5.91 Å². The van der Waals surface area contributed by atoms with Crippen LogP contribution in [0.2, 0.25) is 5.02 Å². The smallest absolute Gasteiger partial charge is 0.307 e. The van der Waals surface area contributed by atoms with Crippen LogP contribution in [0, 0.1) is 0 Å². The zero-order chi connectivity index (χ0) is 20.1. The Labute approximate surface area is 172 Å². The maximum atomic E-state index is 12.2. The second kappa shape index (κ2) is 9.12. The third-order valence-electron chi connectivity index (χ3n) is 4.17. The number of nitrogens with zero attached hydrogens (tertiary/aromatic N) is 1. The Kier molecular flexibility index (Phi) is 6.59. The molecule has 0 aliphatic carbocycles. The van der Waals surface area contributed by atoms with Crippen molar-refractivity contribution in [3.05, 3.63) is 59.1 Å². The van der Waals surface area contributed by atoms with Crippen LogP contribution in [0.15, 0.2) is 53.4 Å². The average Bonchev–Trinajstić information content (AvgIpc) is 2.68. The number of benzene rings is 2. The zero-order valence-electron chi connectivity index (χ0n) is 15.2. The minimum atomic E-state index is -0.583. The summed E-state index contributed by atoms with van der Waals surface area (Å²) in [7, 11) is 1.63. The number of halogens is 1. The van der Waals surface area contributed by atoms with Crippen molar-refractivity contribution in [2.75, 3.05) is 19.0 Å². The molecule has 0 saturated heterocycles. The van der Waals surface area contributed by atoms with E-state index in [0.29, 0.717) is 11.6 Å². The van der Waals surface area contributed by atoms with Crippen LogP contribution in [0.5, 0.6) is 0 Å². The Morgan fingerprint density at radius 3 is 2.64 bits per heavy atom. The molecule has 0 saturated carbocycles. The topological polar surface area (TPSA) is 75.7 Å². The van der Waals surface area contributed by atoms with Gasteiger partial charge in [-0.3, -0.25) is 14.4 Å². The number of nitrogens with one attached hydrogen (secondary N) is 1. The van der Waals surface area contributed by atoms with Crippen LogP contribution in [-0.2, 0) is 25.7 Å². The van der Waals surface area contributed by atoms with Gasteiger partial charge in [-0.2, -0.15) is 0 Å². The molecule has 2 aromatic carbocycles. The van der Waals surface area contributed by atoms with Crippen LogP contribution in [0.25, 0.3) is 0 Å². The van der Waals surface area contributed by atoms with Crippen LogP contribution in [0.1, 0.15) is 12.0 Å². The normalized spacial score (nSPS) is 15.4. The van der Waals surface area contributed by atoms with Crippen molar-refractivity contribution in [1.82, 2.24) is 4.90 Å². The highest BCUT2D eigenvalue weighted by Crippen LogP contribution is 2.36. The molecule has 1 aliphatic rings. The number of hydrogen-bond acceptors (Lipinski definition) is 5. The van der Waals surface area contributed by atoms with Gasteiger partial charge in [0.1, 0.15) is 0 Å². The largest absolute Gasteiger partial charge is 0.456 e. The molecule has 1 atom stereocenters. The molecule has 2 amide bonds. The van der Waals surface area contributed by atoms with E-state index in [1.165, 1.54) is 16.7 Å². The van der Waals surface area contributed by atoms with E-state index in [1.807, 2.05) is 36.4 Å². The fraction of sp³-hybridized carbons (Fsp3) is 0.250. The number of carbonyl (C=O) groups excluding carboxylic acids is 3. The molecule has 0 aromatic heterocycles. The van der Waals surface area contributed by atoms with Gasteiger partial charge in [-0.25, -0.2) is 0 Å². The average molecular weight is 419 g/mol. The summed E-state index contributed by atoms with van der Waals surface area (Å²) in [6, 6.07) is 14.6. The fourth-order valence-electron chi connectivity index (χ4n) is 2.64. The first kappa shape index (κ1) is 20.2. The molecule has 0 unspecified atom stereocenters. The molecule has 2 aromatic rings. The van der Waals surface area contributed by atoms with Crippen LogP contribution in [0.3, 0.4) is 0 Å². The number of fused-ring (bicyclic) bond motifs is 1. The summed E-state index contributed by atoms with van der Waals surface area (Å²) in [6.45, 7) is 0.0176. The highest BCUT2D eigenvalue weighted by Gasteiger charge is 2.29. The molecule has 0 spiro atoms. The molecule has 1 aliphatic heterocycles. The van der Waals surface area contributed by atoms with E-state index < -0.39 is 11.2 Å². The fourth-order valence-corrected chi connectivity index (χ4v) is 3.86. The quantitative estimate of drug-likeness (QED) is 0.728. The van der Waals surface area contributed by atoms with Crippen LogP contribution < -0.4 is 5.32 Å². The number of para-hydroxylation sites is 1. The second-order valence-electron chi connectivity index (χ2n) is 6.33. The summed E-state index contributed by atoms with van der Waals surface area (Å²) in [4.78, 5) is 38.8. The summed E-state index contributed by atoms with van der Waals surface area (Å²) in [5, 5.41) is 2.82. The van der Waals surface area contributed by atoms with Gasteiger partial charge in [-0.1, -0.05) is 35.9 Å². The minimum absolute atomic E-state index is 0.0982. The third kappa shape index (κ3) is 5.27. The van der Waals surface area contributed by atoms with Gasteiger partial charge >= 0.3 is 5.97 Å². The van der Waals surface area contributed by atoms with Gasteiger partial charge in [-0.15, -0.1) is 11.8 Å². The number of hydrogen-bond donors (Lipinski definition) is 1. The first-order valence-electron chi connectivity index (χ1n) is 8.63. The molecule has 1 N–H and O–H groups in total. The summed E-state index contributed by atoms with van der Waals surface area (Å²) < 4.78 is 5.08. The first-order valence-corrected chi connectivity index (χ1v) is 9.88. The maximum absolute atomic E-state index is 12.2. The second-order valence-corrected chi connectivity index (χ2v) is 8.01. The lowest BCUT2D eigenvalue weighted by atomic mass is 10.2. The van der Waals surface area contributed by atoms with Gasteiger partial charge < -0.3 is 15.0 Å². The Bertz CT molecular complexity index is 888. The minimum Gasteiger partial charge on any atom is -0.456 e. The van der Waals surface area contributed by atoms with Crippen molar-refractivity contribution in [3.8, 4) is 0 Å². The summed E-state index contributed by atoms with van der Waals surface area (Å²) in [5.74, 6) is -1.15. The molecule has 28 heavy (non-hydrogen) atoms. The Hall–Kier alpha value is -2.51. The Morgan fingerprint density at radius 2 is 1.89 bits per heavy atom. The molecular formula is C20H19ClN2O4S. The van der Waals surface area contributed by atoms with E-state index in [0.717, 1.165) is 16.1 Å². The number of anilines is 1. The zero-order valence-corrected chi connectivity index (χ0v) is 16.8. The van der Waals surface area contributed by atoms with Gasteiger partial charge in [-0.05, 0) is 29.8 Å². The standard InChI is InChI=1S/C20H19ClN2O4S/c1-23(11-13-6-8-14(21)9-7-13)18(24)12-27-19(25)10-17-20(26)22-15-4-2-3-5-16(15)28-17/h2-9,17H,10-12H2,1H3,(H,22,26)/t17-/m0/s1. The summed E-state index contributed by atoms with van der Waals surface area (Å²) in [5.41, 5.74) is 1.65. The molecule has 3 rings (SSSR count). The Morgan fingerprint density at radius 1 is 1.18 bits per heavy atom. The molecule has 0 bridgehead atoms. The predicted molar refractivity (Wildman–Crippen MR) is 108 cm³/mol. The van der Waals surface area contributed by atoms with Crippen molar-refractivity contribution in [1.29, 1.82) is 0 Å². The highest BCUT2D eigenvalue weighted by atomic mass is 35.5. The van der Waals surface area contributed by atoms with Gasteiger partial charge in [0, 0.05) is 23.5 Å². The SMILES string of the molecule is CN(Cc1ccc(Cl)cc1)C(=O)COC(=O)C[C@@H]1Sc2ccccc2NC1=O. The molecule has 1 heterocycles. The van der Waals surface area contributed by atoms with Crippen molar-refractivity contribution < 1.29 is 19.1 Å². The van der Waals surface area contributed by atoms with E-state index in [1.54, 1.807) is 19.2 Å². The molecule has 0 fully saturated rings. The van der Waals surface area contributed by atoms with Crippen molar-refractivity contribution in [2.24, 2.45) is 0 Å². The third-order valence-corrected chi connectivity index (χ3v) is 5.70. The van der Waals surface area contributed by atoms with E-state index in [-0.39, 0.29) is 24.8 Å². The maximum Gasteiger partial charge on any atom is 0.307 e. The molecule has 146 valence electrons. The van der Waals surface area contributed by atoms with E-state index in [2.05, 4.69) is 5.32 Å². The lowest BCUT2D eigenvalue weighted by Gasteiger charge is -2.23. The van der Waals surface area contributed by atoms with E-state index in [4.69, 9.17) is 16.3 Å². The monoisotopic (exact) mass is 418 g/mol. The van der Waals surface area contributed by atoms with Crippen LogP contribution >= 0.6 is 23.4 Å². The number of rotatable bonds is 6. The number of ether oxygens (including phenoxy) is 1.